The lowest BCUT2D eigenvalue weighted by atomic mass is 9.57. The Morgan fingerprint density at radius 3 is 2.74 bits per heavy atom. The van der Waals surface area contributed by atoms with Crippen LogP contribution in [-0.4, -0.2) is 69.4 Å². The highest BCUT2D eigenvalue weighted by molar-refractivity contribution is 6.99. The zero-order valence-corrected chi connectivity index (χ0v) is 14.6. The number of hydrogen-bond acceptors (Lipinski definition) is 5. The third kappa shape index (κ3) is 4.89. The second kappa shape index (κ2) is 7.47. The molecule has 1 aromatic rings. The molecule has 0 bridgehead atoms. The van der Waals surface area contributed by atoms with Gasteiger partial charge < -0.3 is 9.64 Å². The minimum absolute atomic E-state index is 0.373. The van der Waals surface area contributed by atoms with Gasteiger partial charge in [0.25, 0.3) is 5.88 Å². The van der Waals surface area contributed by atoms with E-state index in [-0.39, 0.29) is 0 Å². The molecule has 114 valence electrons. The molecule has 4 nitrogen and oxygen atoms in total. The molecule has 0 N–H and O–H groups in total. The smallest absolute Gasteiger partial charge is 0.252 e. The molecule has 2 heterocycles. The summed E-state index contributed by atoms with van der Waals surface area (Å²) in [6.07, 6.45) is 6.11. The topological polar surface area (TPSA) is 38.3 Å². The second-order valence-corrected chi connectivity index (χ2v) is 6.74. The summed E-state index contributed by atoms with van der Waals surface area (Å²) < 4.78 is 14.2. The van der Waals surface area contributed by atoms with Crippen molar-refractivity contribution in [3.8, 4) is 5.88 Å². The van der Waals surface area contributed by atoms with Crippen molar-refractivity contribution in [2.75, 3.05) is 13.6 Å². The van der Waals surface area contributed by atoms with Crippen LogP contribution in [0.25, 0.3) is 5.57 Å². The maximum absolute atomic E-state index is 6.04. The maximum atomic E-state index is 6.04. The van der Waals surface area contributed by atoms with Crippen molar-refractivity contribution >= 4 is 48.7 Å². The summed E-state index contributed by atoms with van der Waals surface area (Å²) in [5.74, 6) is 0.373. The third-order valence-electron chi connectivity index (χ3n) is 4.01. The molecule has 0 fully saturated rings. The number of ether oxygens (including phenoxy) is 1. The number of likely N-dealkylation sites (N-methyl/N-ethyl adjacent to an activating group) is 1. The fourth-order valence-corrected chi connectivity index (χ4v) is 2.92. The Labute approximate surface area is 148 Å². The maximum Gasteiger partial charge on any atom is 0.252 e. The Morgan fingerprint density at radius 2 is 2.09 bits per heavy atom. The predicted molar refractivity (Wildman–Crippen MR) is 98.4 cm³/mol. The summed E-state index contributed by atoms with van der Waals surface area (Å²) in [6, 6.07) is 0. The van der Waals surface area contributed by atoms with Crippen LogP contribution < -0.4 is 4.74 Å². The van der Waals surface area contributed by atoms with Gasteiger partial charge in [-0.15, -0.1) is 4.37 Å². The molecular formula is C14H19B4N3OS. The number of rotatable bonds is 7. The third-order valence-corrected chi connectivity index (χ3v) is 4.53. The van der Waals surface area contributed by atoms with Crippen LogP contribution in [0, 0.1) is 0 Å². The molecular weight excluding hydrogens is 301 g/mol. The van der Waals surface area contributed by atoms with Gasteiger partial charge in [0, 0.05) is 11.9 Å². The largest absolute Gasteiger partial charge is 0.489 e. The predicted octanol–water partition coefficient (Wildman–Crippen LogP) is 1.20. The zero-order valence-electron chi connectivity index (χ0n) is 13.8. The fraction of sp³-hybridized carbons (Fsp3) is 0.714. The van der Waals surface area contributed by atoms with Crippen LogP contribution >= 0.6 is 11.7 Å². The lowest BCUT2D eigenvalue weighted by molar-refractivity contribution is 0.216. The first-order valence-electron chi connectivity index (χ1n) is 7.83. The molecule has 0 saturated carbocycles. The van der Waals surface area contributed by atoms with Gasteiger partial charge in [0.1, 0.15) is 21.4 Å². The number of unbranched alkanes of at least 4 members (excludes halogenated alkanes) is 2. The van der Waals surface area contributed by atoms with E-state index in [1.54, 1.807) is 0 Å². The Hall–Kier alpha value is -0.680. The van der Waals surface area contributed by atoms with Gasteiger partial charge in [-0.3, -0.25) is 0 Å². The van der Waals surface area contributed by atoms with Crippen LogP contribution in [0.5, 0.6) is 5.88 Å². The number of aromatic nitrogens is 2. The van der Waals surface area contributed by atoms with Crippen molar-refractivity contribution in [1.82, 2.24) is 13.6 Å². The SMILES string of the molecule is [B]C([B])(CCCCC)Oc1nsnc1C1=CCC([B])([B])N(C)C1. The number of hydrogen-bond donors (Lipinski definition) is 0. The highest BCUT2D eigenvalue weighted by Crippen LogP contribution is 2.32. The van der Waals surface area contributed by atoms with E-state index in [1.165, 1.54) is 0 Å². The van der Waals surface area contributed by atoms with E-state index in [9.17, 15) is 0 Å². The van der Waals surface area contributed by atoms with Gasteiger partial charge in [-0.25, -0.2) is 0 Å². The minimum atomic E-state index is -1.24. The average Bonchev–Trinajstić information content (AvgIpc) is 2.89. The van der Waals surface area contributed by atoms with Gasteiger partial charge in [0.05, 0.1) is 27.4 Å². The van der Waals surface area contributed by atoms with Gasteiger partial charge in [0.2, 0.25) is 0 Å². The first-order valence-corrected chi connectivity index (χ1v) is 8.56. The van der Waals surface area contributed by atoms with Gasteiger partial charge in [0.15, 0.2) is 0 Å². The summed E-state index contributed by atoms with van der Waals surface area (Å²) in [7, 11) is 25.9. The first kappa shape index (κ1) is 18.7. The highest BCUT2D eigenvalue weighted by atomic mass is 32.1. The Balaban J connectivity index is 2.10. The molecule has 0 unspecified atom stereocenters. The molecule has 9 heteroatoms. The summed E-state index contributed by atoms with van der Waals surface area (Å²) in [6.45, 7) is 2.69. The normalized spacial score (nSPS) is 18.6. The summed E-state index contributed by atoms with van der Waals surface area (Å²) in [5.41, 5.74) is 1.63. The van der Waals surface area contributed by atoms with E-state index >= 15 is 0 Å². The lowest BCUT2D eigenvalue weighted by Gasteiger charge is -2.40. The van der Waals surface area contributed by atoms with Crippen molar-refractivity contribution < 1.29 is 4.74 Å². The van der Waals surface area contributed by atoms with Crippen LogP contribution in [-0.2, 0) is 0 Å². The first-order chi connectivity index (χ1) is 10.7. The number of nitrogens with zero attached hydrogens (tertiary/aromatic N) is 3. The quantitative estimate of drug-likeness (QED) is 0.559. The van der Waals surface area contributed by atoms with E-state index in [2.05, 4.69) is 15.7 Å². The molecule has 1 aromatic heterocycles. The molecule has 8 radical (unpaired) electrons. The Bertz CT molecular complexity index is 562. The second-order valence-electron chi connectivity index (χ2n) is 6.21. The summed E-state index contributed by atoms with van der Waals surface area (Å²) >= 11 is 1.07. The van der Waals surface area contributed by atoms with Crippen LogP contribution in [0.15, 0.2) is 6.08 Å². The van der Waals surface area contributed by atoms with E-state index in [4.69, 9.17) is 36.1 Å². The molecule has 0 saturated heterocycles. The van der Waals surface area contributed by atoms with Crippen LogP contribution in [0.1, 0.15) is 44.7 Å². The van der Waals surface area contributed by atoms with Gasteiger partial charge in [-0.2, -0.15) is 4.37 Å². The van der Waals surface area contributed by atoms with E-state index in [0.29, 0.717) is 31.0 Å². The van der Waals surface area contributed by atoms with Crippen LogP contribution in [0.2, 0.25) is 0 Å². The Kier molecular flexibility index (Phi) is 6.06. The standard InChI is InChI=1S/C14H19B4N3OS/c1-3-4-5-7-14(17,18)22-12-11(19-23-20-12)10-6-8-13(15,16)21(2)9-10/h6H,3-5,7-9H2,1-2H3. The molecule has 0 spiro atoms. The molecule has 1 aliphatic heterocycles. The molecule has 1 aliphatic rings. The highest BCUT2D eigenvalue weighted by Gasteiger charge is 2.30. The summed E-state index contributed by atoms with van der Waals surface area (Å²) in [4.78, 5) is 1.87. The average molecular weight is 321 g/mol. The van der Waals surface area contributed by atoms with E-state index in [1.807, 2.05) is 18.0 Å². The molecule has 23 heavy (non-hydrogen) atoms. The van der Waals surface area contributed by atoms with Gasteiger partial charge in [-0.1, -0.05) is 32.3 Å². The summed E-state index contributed by atoms with van der Waals surface area (Å²) in [5, 5.41) is -2.09. The molecule has 0 amide bonds. The van der Waals surface area contributed by atoms with Gasteiger partial charge >= 0.3 is 0 Å². The van der Waals surface area contributed by atoms with Crippen LogP contribution in [0.4, 0.5) is 0 Å². The molecule has 2 rings (SSSR count). The van der Waals surface area contributed by atoms with Crippen molar-refractivity contribution in [2.45, 2.75) is 49.8 Å². The fourth-order valence-electron chi connectivity index (χ4n) is 2.41. The monoisotopic (exact) mass is 321 g/mol. The van der Waals surface area contributed by atoms with Crippen molar-refractivity contribution in [2.24, 2.45) is 0 Å². The molecule has 0 atom stereocenters. The zero-order chi connectivity index (χ0) is 17.1. The Morgan fingerprint density at radius 1 is 1.35 bits per heavy atom. The van der Waals surface area contributed by atoms with Crippen molar-refractivity contribution in [3.63, 3.8) is 0 Å². The molecule has 0 aliphatic carbocycles. The minimum Gasteiger partial charge on any atom is -0.489 e. The van der Waals surface area contributed by atoms with Crippen molar-refractivity contribution in [3.05, 3.63) is 11.8 Å². The van der Waals surface area contributed by atoms with Crippen LogP contribution in [0.3, 0.4) is 0 Å². The van der Waals surface area contributed by atoms with E-state index in [0.717, 1.165) is 36.6 Å². The van der Waals surface area contributed by atoms with Crippen molar-refractivity contribution in [1.29, 1.82) is 0 Å². The van der Waals surface area contributed by atoms with E-state index < -0.39 is 10.7 Å². The van der Waals surface area contributed by atoms with Gasteiger partial charge in [-0.05, 0) is 30.8 Å². The lowest BCUT2D eigenvalue weighted by Crippen LogP contribution is -2.50. The molecule has 0 aromatic carbocycles.